The number of hydrogen-bond acceptors (Lipinski definition) is 4. The topological polar surface area (TPSA) is 94.2 Å². The van der Waals surface area contributed by atoms with Gasteiger partial charge in [-0.15, -0.1) is 11.3 Å². The van der Waals surface area contributed by atoms with Crippen LogP contribution in [0.3, 0.4) is 0 Å². The highest BCUT2D eigenvalue weighted by atomic mass is 32.2. The van der Waals surface area contributed by atoms with Gasteiger partial charge in [0.1, 0.15) is 5.00 Å². The summed E-state index contributed by atoms with van der Waals surface area (Å²) in [5, 5.41) is 8.79. The van der Waals surface area contributed by atoms with Gasteiger partial charge in [-0.1, -0.05) is 12.1 Å². The lowest BCUT2D eigenvalue weighted by Gasteiger charge is -2.09. The minimum atomic E-state index is -3.58. The van der Waals surface area contributed by atoms with Gasteiger partial charge in [-0.05, 0) is 49.2 Å². The quantitative estimate of drug-likeness (QED) is 0.702. The number of nitrogens with zero attached hydrogens (tertiary/aromatic N) is 1. The van der Waals surface area contributed by atoms with Crippen molar-refractivity contribution < 1.29 is 13.2 Å². The van der Waals surface area contributed by atoms with Crippen molar-refractivity contribution >= 4 is 33.0 Å². The summed E-state index contributed by atoms with van der Waals surface area (Å²) in [6, 6.07) is 10.4. The molecule has 3 rings (SSSR count). The van der Waals surface area contributed by atoms with Gasteiger partial charge in [0.25, 0.3) is 5.91 Å². The predicted octanol–water partition coefficient (Wildman–Crippen LogP) is 3.20. The van der Waals surface area contributed by atoms with Crippen molar-refractivity contribution in [2.75, 3.05) is 5.32 Å². The highest BCUT2D eigenvalue weighted by Crippen LogP contribution is 2.31. The fraction of sp³-hybridized carbons (Fsp3) is 0.167. The van der Waals surface area contributed by atoms with Crippen LogP contribution < -0.4 is 10.5 Å². The number of anilines is 1. The van der Waals surface area contributed by atoms with Crippen LogP contribution in [0, 0.1) is 13.8 Å². The molecular weight excluding hydrogens is 370 g/mol. The summed E-state index contributed by atoms with van der Waals surface area (Å²) in [6.07, 6.45) is 3.81. The van der Waals surface area contributed by atoms with Crippen molar-refractivity contribution in [3.63, 3.8) is 0 Å². The Bertz CT molecular complexity index is 1030. The number of aromatic nitrogens is 1. The first-order chi connectivity index (χ1) is 12.2. The summed E-state index contributed by atoms with van der Waals surface area (Å²) in [4.78, 5) is 13.9. The molecule has 1 amide bonds. The van der Waals surface area contributed by atoms with Crippen LogP contribution in [0.2, 0.25) is 0 Å². The maximum absolute atomic E-state index is 12.8. The number of amides is 1. The number of carbonyl (C=O) groups excluding carboxylic acids is 1. The molecule has 0 fully saturated rings. The van der Waals surface area contributed by atoms with Gasteiger partial charge in [0.05, 0.1) is 11.3 Å². The summed E-state index contributed by atoms with van der Waals surface area (Å²) < 4.78 is 24.2. The molecule has 0 spiro atoms. The smallest absolute Gasteiger partial charge is 0.258 e. The molecular formula is C18H19N3O3S2. The van der Waals surface area contributed by atoms with Crippen LogP contribution in [0.1, 0.15) is 26.4 Å². The van der Waals surface area contributed by atoms with E-state index < -0.39 is 10.0 Å². The summed E-state index contributed by atoms with van der Waals surface area (Å²) in [5.41, 5.74) is 2.75. The van der Waals surface area contributed by atoms with Crippen LogP contribution in [-0.2, 0) is 15.8 Å². The Morgan fingerprint density at radius 3 is 2.35 bits per heavy atom. The highest BCUT2D eigenvalue weighted by molar-refractivity contribution is 7.88. The van der Waals surface area contributed by atoms with E-state index in [4.69, 9.17) is 5.14 Å². The Balaban J connectivity index is 1.85. The number of sulfonamides is 1. The summed E-state index contributed by atoms with van der Waals surface area (Å²) in [6.45, 7) is 3.93. The van der Waals surface area contributed by atoms with Gasteiger partial charge in [0.15, 0.2) is 0 Å². The lowest BCUT2D eigenvalue weighted by atomic mass is 10.1. The first-order valence-corrected chi connectivity index (χ1v) is 10.4. The lowest BCUT2D eigenvalue weighted by molar-refractivity contribution is 0.102. The number of benzene rings is 1. The molecule has 0 aliphatic heterocycles. The number of rotatable bonds is 5. The van der Waals surface area contributed by atoms with Gasteiger partial charge < -0.3 is 9.88 Å². The molecule has 26 heavy (non-hydrogen) atoms. The third-order valence-corrected chi connectivity index (χ3v) is 5.97. The van der Waals surface area contributed by atoms with E-state index in [1.165, 1.54) is 0 Å². The molecule has 0 aliphatic rings. The van der Waals surface area contributed by atoms with Crippen molar-refractivity contribution in [2.45, 2.75) is 19.6 Å². The summed E-state index contributed by atoms with van der Waals surface area (Å²) >= 11 is 1.57. The van der Waals surface area contributed by atoms with Crippen molar-refractivity contribution in [3.05, 3.63) is 70.4 Å². The lowest BCUT2D eigenvalue weighted by Crippen LogP contribution is -2.15. The van der Waals surface area contributed by atoms with Crippen LogP contribution in [-0.4, -0.2) is 18.9 Å². The van der Waals surface area contributed by atoms with Crippen LogP contribution in [0.5, 0.6) is 0 Å². The van der Waals surface area contributed by atoms with Gasteiger partial charge >= 0.3 is 0 Å². The largest absolute Gasteiger partial charge is 0.322 e. The Kier molecular flexibility index (Phi) is 4.99. The number of aryl methyl sites for hydroxylation is 1. The Morgan fingerprint density at radius 1 is 1.15 bits per heavy atom. The molecule has 0 aliphatic carbocycles. The van der Waals surface area contributed by atoms with Gasteiger partial charge in [-0.25, -0.2) is 13.6 Å². The monoisotopic (exact) mass is 389 g/mol. The maximum Gasteiger partial charge on any atom is 0.258 e. The second-order valence-electron chi connectivity index (χ2n) is 6.01. The molecule has 3 aromatic rings. The molecule has 0 saturated heterocycles. The number of primary sulfonamides is 1. The van der Waals surface area contributed by atoms with E-state index in [1.807, 2.05) is 42.9 Å². The summed E-state index contributed by atoms with van der Waals surface area (Å²) in [7, 11) is -3.58. The van der Waals surface area contributed by atoms with Crippen LogP contribution in [0.25, 0.3) is 5.00 Å². The molecule has 0 saturated carbocycles. The zero-order valence-corrected chi connectivity index (χ0v) is 16.0. The van der Waals surface area contributed by atoms with Crippen LogP contribution >= 0.6 is 11.3 Å². The number of hydrogen-bond donors (Lipinski definition) is 2. The van der Waals surface area contributed by atoms with Crippen molar-refractivity contribution in [1.29, 1.82) is 0 Å². The highest BCUT2D eigenvalue weighted by Gasteiger charge is 2.20. The van der Waals surface area contributed by atoms with E-state index in [1.54, 1.807) is 35.6 Å². The van der Waals surface area contributed by atoms with Crippen LogP contribution in [0.4, 0.5) is 5.69 Å². The average molecular weight is 390 g/mol. The molecule has 0 atom stereocenters. The zero-order valence-electron chi connectivity index (χ0n) is 14.4. The second kappa shape index (κ2) is 7.06. The van der Waals surface area contributed by atoms with Gasteiger partial charge in [0.2, 0.25) is 10.0 Å². The first kappa shape index (κ1) is 18.4. The first-order valence-electron chi connectivity index (χ1n) is 7.89. The molecule has 8 heteroatoms. The third kappa shape index (κ3) is 4.04. The van der Waals surface area contributed by atoms with E-state index in [-0.39, 0.29) is 11.7 Å². The van der Waals surface area contributed by atoms with E-state index in [2.05, 4.69) is 5.32 Å². The van der Waals surface area contributed by atoms with Gasteiger partial charge in [-0.3, -0.25) is 4.79 Å². The fourth-order valence-corrected chi connectivity index (χ4v) is 4.42. The second-order valence-corrected chi connectivity index (χ2v) is 8.83. The van der Waals surface area contributed by atoms with Gasteiger partial charge in [0, 0.05) is 23.0 Å². The van der Waals surface area contributed by atoms with E-state index in [0.29, 0.717) is 16.8 Å². The number of nitrogens with two attached hydrogens (primary N) is 1. The van der Waals surface area contributed by atoms with Gasteiger partial charge in [-0.2, -0.15) is 0 Å². The number of thiophene rings is 1. The Labute approximate surface area is 156 Å². The molecule has 2 aromatic heterocycles. The Hall–Kier alpha value is -2.42. The molecule has 3 N–H and O–H groups in total. The number of carbonyl (C=O) groups is 1. The molecule has 2 heterocycles. The average Bonchev–Trinajstić information content (AvgIpc) is 3.17. The standard InChI is InChI=1S/C18H19N3O3S2/c1-12-13(2)25-18(21-9-3-4-10-21)16(12)17(22)20-15-7-5-14(6-8-15)11-26(19,23)24/h3-10H,11H2,1-2H3,(H,20,22)(H2,19,23,24). The maximum atomic E-state index is 12.8. The SMILES string of the molecule is Cc1sc(-n2cccc2)c(C(=O)Nc2ccc(CS(N)(=O)=O)cc2)c1C. The van der Waals surface area contributed by atoms with E-state index in [9.17, 15) is 13.2 Å². The molecule has 1 aromatic carbocycles. The summed E-state index contributed by atoms with van der Waals surface area (Å²) in [5.74, 6) is -0.434. The number of nitrogens with one attached hydrogen (secondary N) is 1. The molecule has 0 bridgehead atoms. The normalized spacial score (nSPS) is 11.5. The van der Waals surface area contributed by atoms with Crippen molar-refractivity contribution in [3.8, 4) is 5.00 Å². The van der Waals surface area contributed by atoms with Crippen LogP contribution in [0.15, 0.2) is 48.8 Å². The van der Waals surface area contributed by atoms with E-state index in [0.717, 1.165) is 15.4 Å². The molecule has 0 radical (unpaired) electrons. The minimum Gasteiger partial charge on any atom is -0.322 e. The Morgan fingerprint density at radius 2 is 1.77 bits per heavy atom. The third-order valence-electron chi connectivity index (χ3n) is 4.01. The minimum absolute atomic E-state index is 0.199. The molecule has 6 nitrogen and oxygen atoms in total. The zero-order chi connectivity index (χ0) is 18.9. The molecule has 136 valence electrons. The van der Waals surface area contributed by atoms with E-state index >= 15 is 0 Å². The fourth-order valence-electron chi connectivity index (χ4n) is 2.64. The molecule has 0 unspecified atom stereocenters. The predicted molar refractivity (Wildman–Crippen MR) is 104 cm³/mol. The van der Waals surface area contributed by atoms with Crippen molar-refractivity contribution in [1.82, 2.24) is 4.57 Å². The van der Waals surface area contributed by atoms with Crippen molar-refractivity contribution in [2.24, 2.45) is 5.14 Å².